The molecule has 2 heterocycles. The van der Waals surface area contributed by atoms with Gasteiger partial charge in [0, 0.05) is 6.92 Å². The maximum absolute atomic E-state index is 9.21. The molecule has 0 saturated carbocycles. The fourth-order valence-electron chi connectivity index (χ4n) is 1.04. The molecule has 0 bridgehead atoms. The second-order valence-corrected chi connectivity index (χ2v) is 2.79. The quantitative estimate of drug-likeness (QED) is 0.693. The minimum atomic E-state index is -0.00402. The Hall–Kier alpha value is -1.78. The highest BCUT2D eigenvalue weighted by Crippen LogP contribution is 2.20. The standard InChI is InChI=1S/C8H9N3O2/c1-4-8(12)11-7(9-4)6-3-13-5(2)10-6/h3,12H,1-2H3,(H,9,11). The molecule has 0 aliphatic carbocycles. The summed E-state index contributed by atoms with van der Waals surface area (Å²) >= 11 is 0. The van der Waals surface area contributed by atoms with Gasteiger partial charge >= 0.3 is 0 Å². The number of aryl methyl sites for hydroxylation is 2. The van der Waals surface area contributed by atoms with E-state index < -0.39 is 0 Å². The highest BCUT2D eigenvalue weighted by Gasteiger charge is 2.09. The molecule has 2 aromatic heterocycles. The predicted octanol–water partition coefficient (Wildman–Crippen LogP) is 1.39. The number of H-pyrrole nitrogens is 1. The lowest BCUT2D eigenvalue weighted by molar-refractivity contribution is 0.452. The van der Waals surface area contributed by atoms with E-state index in [4.69, 9.17) is 4.42 Å². The Morgan fingerprint density at radius 3 is 2.62 bits per heavy atom. The number of oxazole rings is 1. The molecule has 0 aliphatic rings. The molecule has 0 radical (unpaired) electrons. The minimum absolute atomic E-state index is 0.00402. The van der Waals surface area contributed by atoms with E-state index in [1.54, 1.807) is 13.8 Å². The normalized spacial score (nSPS) is 10.6. The van der Waals surface area contributed by atoms with Crippen LogP contribution in [0.3, 0.4) is 0 Å². The van der Waals surface area contributed by atoms with Crippen LogP contribution in [0.5, 0.6) is 5.88 Å². The van der Waals surface area contributed by atoms with E-state index in [1.807, 2.05) is 0 Å². The third kappa shape index (κ3) is 1.28. The number of aromatic amines is 1. The molecule has 5 heteroatoms. The van der Waals surface area contributed by atoms with E-state index in [2.05, 4.69) is 15.0 Å². The van der Waals surface area contributed by atoms with Crippen LogP contribution in [0.4, 0.5) is 0 Å². The lowest BCUT2D eigenvalue weighted by atomic mass is 10.5. The Bertz CT molecular complexity index is 411. The lowest BCUT2D eigenvalue weighted by Crippen LogP contribution is -1.80. The summed E-state index contributed by atoms with van der Waals surface area (Å²) in [5.41, 5.74) is 1.22. The molecule has 5 nitrogen and oxygen atoms in total. The Balaban J connectivity index is 2.46. The van der Waals surface area contributed by atoms with Gasteiger partial charge in [-0.25, -0.2) is 4.98 Å². The number of rotatable bonds is 1. The second kappa shape index (κ2) is 2.62. The van der Waals surface area contributed by atoms with Gasteiger partial charge in [-0.15, -0.1) is 0 Å². The van der Waals surface area contributed by atoms with Crippen molar-refractivity contribution in [3.63, 3.8) is 0 Å². The summed E-state index contributed by atoms with van der Waals surface area (Å²) in [7, 11) is 0. The Morgan fingerprint density at radius 2 is 2.15 bits per heavy atom. The molecule has 0 saturated heterocycles. The van der Waals surface area contributed by atoms with Crippen molar-refractivity contribution >= 4 is 0 Å². The molecule has 0 unspecified atom stereocenters. The summed E-state index contributed by atoms with van der Waals surface area (Å²) in [6.45, 7) is 3.48. The first-order valence-electron chi connectivity index (χ1n) is 3.85. The zero-order chi connectivity index (χ0) is 9.42. The number of aromatic nitrogens is 3. The summed E-state index contributed by atoms with van der Waals surface area (Å²) in [6.07, 6.45) is 1.49. The number of nitrogens with zero attached hydrogens (tertiary/aromatic N) is 2. The van der Waals surface area contributed by atoms with Gasteiger partial charge in [0.15, 0.2) is 11.7 Å². The zero-order valence-corrected chi connectivity index (χ0v) is 7.33. The van der Waals surface area contributed by atoms with Crippen LogP contribution < -0.4 is 0 Å². The monoisotopic (exact) mass is 179 g/mol. The Labute approximate surface area is 74.5 Å². The molecule has 2 aromatic rings. The SMILES string of the molecule is Cc1nc(-c2nc(O)c(C)[nH]2)co1. The van der Waals surface area contributed by atoms with Gasteiger partial charge in [0.2, 0.25) is 5.88 Å². The van der Waals surface area contributed by atoms with Crippen molar-refractivity contribution in [2.24, 2.45) is 0 Å². The number of hydrogen-bond donors (Lipinski definition) is 2. The smallest absolute Gasteiger partial charge is 0.232 e. The fourth-order valence-corrected chi connectivity index (χ4v) is 1.04. The van der Waals surface area contributed by atoms with E-state index in [-0.39, 0.29) is 5.88 Å². The van der Waals surface area contributed by atoms with Gasteiger partial charge in [0.1, 0.15) is 12.0 Å². The molecular formula is C8H9N3O2. The van der Waals surface area contributed by atoms with Crippen molar-refractivity contribution in [2.75, 3.05) is 0 Å². The second-order valence-electron chi connectivity index (χ2n) is 2.79. The first kappa shape index (κ1) is 7.85. The van der Waals surface area contributed by atoms with Gasteiger partial charge in [0.25, 0.3) is 0 Å². The number of imidazole rings is 1. The summed E-state index contributed by atoms with van der Waals surface area (Å²) in [4.78, 5) is 10.8. The number of aromatic hydroxyl groups is 1. The molecule has 0 spiro atoms. The van der Waals surface area contributed by atoms with Crippen LogP contribution in [0.15, 0.2) is 10.7 Å². The van der Waals surface area contributed by atoms with Crippen LogP contribution in [0.25, 0.3) is 11.5 Å². The van der Waals surface area contributed by atoms with Gasteiger partial charge in [-0.05, 0) is 6.92 Å². The van der Waals surface area contributed by atoms with Gasteiger partial charge in [-0.3, -0.25) is 0 Å². The van der Waals surface area contributed by atoms with Crippen LogP contribution in [0.2, 0.25) is 0 Å². The average molecular weight is 179 g/mol. The van der Waals surface area contributed by atoms with E-state index in [0.717, 1.165) is 0 Å². The maximum atomic E-state index is 9.21. The van der Waals surface area contributed by atoms with E-state index in [0.29, 0.717) is 23.1 Å². The van der Waals surface area contributed by atoms with Crippen LogP contribution >= 0.6 is 0 Å². The zero-order valence-electron chi connectivity index (χ0n) is 7.33. The molecule has 2 N–H and O–H groups in total. The van der Waals surface area contributed by atoms with Gasteiger partial charge in [0.05, 0.1) is 5.69 Å². The summed E-state index contributed by atoms with van der Waals surface area (Å²) in [6, 6.07) is 0. The van der Waals surface area contributed by atoms with E-state index in [9.17, 15) is 5.11 Å². The molecule has 0 atom stereocenters. The summed E-state index contributed by atoms with van der Waals surface area (Å²) < 4.78 is 5.02. The topological polar surface area (TPSA) is 74.9 Å². The molecule has 68 valence electrons. The van der Waals surface area contributed by atoms with Crippen molar-refractivity contribution in [1.82, 2.24) is 15.0 Å². The molecule has 2 rings (SSSR count). The maximum Gasteiger partial charge on any atom is 0.232 e. The summed E-state index contributed by atoms with van der Waals surface area (Å²) in [5.74, 6) is 1.09. The molecular weight excluding hydrogens is 170 g/mol. The Kier molecular flexibility index (Phi) is 1.58. The van der Waals surface area contributed by atoms with E-state index in [1.165, 1.54) is 6.26 Å². The molecule has 0 amide bonds. The van der Waals surface area contributed by atoms with Crippen LogP contribution in [-0.4, -0.2) is 20.1 Å². The summed E-state index contributed by atoms with van der Waals surface area (Å²) in [5, 5.41) is 9.21. The van der Waals surface area contributed by atoms with Crippen LogP contribution in [0, 0.1) is 13.8 Å². The van der Waals surface area contributed by atoms with Crippen LogP contribution in [0.1, 0.15) is 11.6 Å². The van der Waals surface area contributed by atoms with Gasteiger partial charge < -0.3 is 14.5 Å². The van der Waals surface area contributed by atoms with Crippen molar-refractivity contribution in [3.8, 4) is 17.4 Å². The van der Waals surface area contributed by atoms with E-state index >= 15 is 0 Å². The van der Waals surface area contributed by atoms with Crippen molar-refractivity contribution in [3.05, 3.63) is 17.8 Å². The number of hydrogen-bond acceptors (Lipinski definition) is 4. The molecule has 0 fully saturated rings. The van der Waals surface area contributed by atoms with Crippen molar-refractivity contribution in [2.45, 2.75) is 13.8 Å². The highest BCUT2D eigenvalue weighted by atomic mass is 16.3. The third-order valence-electron chi connectivity index (χ3n) is 1.72. The largest absolute Gasteiger partial charge is 0.492 e. The minimum Gasteiger partial charge on any atom is -0.492 e. The molecule has 13 heavy (non-hydrogen) atoms. The fraction of sp³-hybridized carbons (Fsp3) is 0.250. The Morgan fingerprint density at radius 1 is 1.38 bits per heavy atom. The third-order valence-corrected chi connectivity index (χ3v) is 1.72. The number of nitrogens with one attached hydrogen (secondary N) is 1. The first-order valence-corrected chi connectivity index (χ1v) is 3.85. The lowest BCUT2D eigenvalue weighted by Gasteiger charge is -1.84. The van der Waals surface area contributed by atoms with Crippen molar-refractivity contribution < 1.29 is 9.52 Å². The molecule has 0 aromatic carbocycles. The van der Waals surface area contributed by atoms with Crippen molar-refractivity contribution in [1.29, 1.82) is 0 Å². The predicted molar refractivity (Wildman–Crippen MR) is 45.2 cm³/mol. The van der Waals surface area contributed by atoms with Gasteiger partial charge in [-0.2, -0.15) is 4.98 Å². The van der Waals surface area contributed by atoms with Gasteiger partial charge in [-0.1, -0.05) is 0 Å². The van der Waals surface area contributed by atoms with Crippen LogP contribution in [-0.2, 0) is 0 Å². The molecule has 0 aliphatic heterocycles. The highest BCUT2D eigenvalue weighted by molar-refractivity contribution is 5.49. The average Bonchev–Trinajstić information content (AvgIpc) is 2.61. The first-order chi connectivity index (χ1) is 6.16.